The molecule has 21 heavy (non-hydrogen) atoms. The van der Waals surface area contributed by atoms with E-state index in [4.69, 9.17) is 9.16 Å². The van der Waals surface area contributed by atoms with Crippen molar-refractivity contribution in [2.45, 2.75) is 63.3 Å². The molecule has 1 rings (SSSR count). The fourth-order valence-electron chi connectivity index (χ4n) is 1.60. The van der Waals surface area contributed by atoms with Crippen LogP contribution in [0.2, 0.25) is 18.1 Å². The Balaban J connectivity index is 2.68. The third-order valence-electron chi connectivity index (χ3n) is 4.07. The van der Waals surface area contributed by atoms with Crippen molar-refractivity contribution in [3.05, 3.63) is 0 Å². The summed E-state index contributed by atoms with van der Waals surface area (Å²) >= 11 is 0. The van der Waals surface area contributed by atoms with E-state index in [1.165, 1.54) is 0 Å². The summed E-state index contributed by atoms with van der Waals surface area (Å²) in [6.45, 7) is 10.1. The van der Waals surface area contributed by atoms with E-state index in [9.17, 15) is 19.8 Å². The first-order chi connectivity index (χ1) is 9.49. The van der Waals surface area contributed by atoms with Crippen LogP contribution in [0.25, 0.3) is 0 Å². The number of carbonyl (C=O) groups is 2. The molecule has 0 aromatic carbocycles. The van der Waals surface area contributed by atoms with E-state index >= 15 is 0 Å². The maximum absolute atomic E-state index is 11.2. The number of hydrogen-bond acceptors (Lipinski definition) is 7. The Kier molecular flexibility index (Phi) is 5.54. The van der Waals surface area contributed by atoms with Gasteiger partial charge in [-0.3, -0.25) is 4.79 Å². The number of cyclic esters (lactones) is 2. The topological polar surface area (TPSA) is 102 Å². The Labute approximate surface area is 125 Å². The molecule has 4 atom stereocenters. The van der Waals surface area contributed by atoms with Crippen molar-refractivity contribution in [2.75, 3.05) is 6.61 Å². The van der Waals surface area contributed by atoms with Crippen molar-refractivity contribution in [2.24, 2.45) is 0 Å². The van der Waals surface area contributed by atoms with Gasteiger partial charge in [-0.2, -0.15) is 0 Å². The average Bonchev–Trinajstić information content (AvgIpc) is 2.37. The predicted molar refractivity (Wildman–Crippen MR) is 76.4 cm³/mol. The summed E-state index contributed by atoms with van der Waals surface area (Å²) in [4.78, 5) is 21.9. The molecule has 1 aliphatic heterocycles. The van der Waals surface area contributed by atoms with E-state index in [0.29, 0.717) is 6.29 Å². The molecule has 0 amide bonds. The molecule has 0 bridgehead atoms. The number of aldehydes is 1. The Hall–Kier alpha value is -0.963. The van der Waals surface area contributed by atoms with Gasteiger partial charge in [-0.1, -0.05) is 20.8 Å². The molecule has 122 valence electrons. The standard InChI is InChI=1S/C13H24O7Si/c1-13(2,3)21(4,5)18-7-8(15)11-10(16)9(6-14)19-12(17)20-11/h6,8-11,15-16H,7H2,1-5H3. The molecule has 1 heterocycles. The number of aliphatic hydroxyl groups is 2. The molecule has 1 saturated heterocycles. The van der Waals surface area contributed by atoms with Crippen LogP contribution in [0.3, 0.4) is 0 Å². The second kappa shape index (κ2) is 6.43. The Morgan fingerprint density at radius 2 is 1.95 bits per heavy atom. The summed E-state index contributed by atoms with van der Waals surface area (Å²) in [5.74, 6) is 0. The zero-order valence-corrected chi connectivity index (χ0v) is 14.0. The highest BCUT2D eigenvalue weighted by Gasteiger charge is 2.44. The van der Waals surface area contributed by atoms with Gasteiger partial charge in [0.2, 0.25) is 0 Å². The van der Waals surface area contributed by atoms with Crippen molar-refractivity contribution < 1.29 is 33.7 Å². The molecule has 0 aromatic rings. The molecule has 0 aliphatic carbocycles. The lowest BCUT2D eigenvalue weighted by atomic mass is 10.0. The summed E-state index contributed by atoms with van der Waals surface area (Å²) in [6, 6.07) is 0. The van der Waals surface area contributed by atoms with E-state index in [0.717, 1.165) is 0 Å². The predicted octanol–water partition coefficient (Wildman–Crippen LogP) is 0.833. The maximum atomic E-state index is 11.2. The molecule has 4 unspecified atom stereocenters. The first kappa shape index (κ1) is 18.1. The lowest BCUT2D eigenvalue weighted by Gasteiger charge is -2.38. The summed E-state index contributed by atoms with van der Waals surface area (Å²) in [5.41, 5.74) is 0. The maximum Gasteiger partial charge on any atom is 0.509 e. The van der Waals surface area contributed by atoms with Crippen molar-refractivity contribution in [1.82, 2.24) is 0 Å². The van der Waals surface area contributed by atoms with Gasteiger partial charge in [0.1, 0.15) is 12.2 Å². The minimum Gasteiger partial charge on any atom is -0.425 e. The summed E-state index contributed by atoms with van der Waals surface area (Å²) in [5, 5.41) is 19.9. The minimum atomic E-state index is -2.08. The molecule has 1 fully saturated rings. The van der Waals surface area contributed by atoms with Crippen LogP contribution in [-0.2, 0) is 18.7 Å². The van der Waals surface area contributed by atoms with Crippen LogP contribution >= 0.6 is 0 Å². The summed E-state index contributed by atoms with van der Waals surface area (Å²) < 4.78 is 15.1. The molecule has 0 radical (unpaired) electrons. The second-order valence-corrected chi connectivity index (χ2v) is 11.5. The quantitative estimate of drug-likeness (QED) is 0.439. The molecule has 0 aromatic heterocycles. The van der Waals surface area contributed by atoms with Gasteiger partial charge in [-0.05, 0) is 18.1 Å². The third-order valence-corrected chi connectivity index (χ3v) is 8.57. The zero-order valence-electron chi connectivity index (χ0n) is 13.0. The van der Waals surface area contributed by atoms with E-state index < -0.39 is 38.9 Å². The van der Waals surface area contributed by atoms with E-state index in [1.54, 1.807) is 0 Å². The minimum absolute atomic E-state index is 0.0387. The summed E-state index contributed by atoms with van der Waals surface area (Å²) in [7, 11) is -2.08. The highest BCUT2D eigenvalue weighted by atomic mass is 28.4. The van der Waals surface area contributed by atoms with Gasteiger partial charge in [-0.15, -0.1) is 0 Å². The van der Waals surface area contributed by atoms with Gasteiger partial charge in [0.15, 0.2) is 26.8 Å². The number of hydrogen-bond donors (Lipinski definition) is 2. The van der Waals surface area contributed by atoms with Crippen LogP contribution in [0.5, 0.6) is 0 Å². The molecule has 2 N–H and O–H groups in total. The number of carbonyl (C=O) groups excluding carboxylic acids is 2. The monoisotopic (exact) mass is 320 g/mol. The molecular weight excluding hydrogens is 296 g/mol. The first-order valence-electron chi connectivity index (χ1n) is 6.82. The highest BCUT2D eigenvalue weighted by molar-refractivity contribution is 6.74. The Bertz CT molecular complexity index is 390. The Morgan fingerprint density at radius 3 is 2.43 bits per heavy atom. The molecule has 7 nitrogen and oxygen atoms in total. The van der Waals surface area contributed by atoms with Crippen LogP contribution < -0.4 is 0 Å². The second-order valence-electron chi connectivity index (χ2n) is 6.68. The Morgan fingerprint density at radius 1 is 1.38 bits per heavy atom. The van der Waals surface area contributed by atoms with E-state index in [1.807, 2.05) is 13.1 Å². The lowest BCUT2D eigenvalue weighted by molar-refractivity contribution is -0.173. The normalized spacial score (nSPS) is 28.5. The number of ether oxygens (including phenoxy) is 2. The highest BCUT2D eigenvalue weighted by Crippen LogP contribution is 2.36. The molecular formula is C13H24O7Si. The van der Waals surface area contributed by atoms with Crippen molar-refractivity contribution >= 4 is 20.8 Å². The third kappa shape index (κ3) is 4.25. The molecule has 0 spiro atoms. The fraction of sp³-hybridized carbons (Fsp3) is 0.846. The van der Waals surface area contributed by atoms with E-state index in [2.05, 4.69) is 25.5 Å². The molecule has 8 heteroatoms. The van der Waals surface area contributed by atoms with E-state index in [-0.39, 0.29) is 11.6 Å². The van der Waals surface area contributed by atoms with Crippen molar-refractivity contribution in [3.63, 3.8) is 0 Å². The lowest BCUT2D eigenvalue weighted by Crippen LogP contribution is -2.55. The fourth-order valence-corrected chi connectivity index (χ4v) is 2.62. The van der Waals surface area contributed by atoms with Crippen LogP contribution in [-0.4, -0.2) is 62.0 Å². The first-order valence-corrected chi connectivity index (χ1v) is 9.73. The van der Waals surface area contributed by atoms with Crippen LogP contribution in [0.15, 0.2) is 0 Å². The average molecular weight is 320 g/mol. The number of rotatable bonds is 5. The van der Waals surface area contributed by atoms with Crippen LogP contribution in [0.4, 0.5) is 4.79 Å². The van der Waals surface area contributed by atoms with Gasteiger partial charge >= 0.3 is 6.16 Å². The van der Waals surface area contributed by atoms with Crippen molar-refractivity contribution in [1.29, 1.82) is 0 Å². The van der Waals surface area contributed by atoms with Gasteiger partial charge in [-0.25, -0.2) is 4.79 Å². The van der Waals surface area contributed by atoms with Crippen molar-refractivity contribution in [3.8, 4) is 0 Å². The molecule has 0 saturated carbocycles. The SMILES string of the molecule is CC(C)(C)[Si](C)(C)OCC(O)C1OC(=O)OC(C=O)C1O. The zero-order chi connectivity index (χ0) is 16.4. The summed E-state index contributed by atoms with van der Waals surface area (Å²) in [6.07, 6.45) is -6.01. The van der Waals surface area contributed by atoms with Gasteiger partial charge in [0, 0.05) is 0 Å². The van der Waals surface area contributed by atoms with Gasteiger partial charge < -0.3 is 24.1 Å². The molecule has 1 aliphatic rings. The van der Waals surface area contributed by atoms with Gasteiger partial charge in [0.05, 0.1) is 6.61 Å². The van der Waals surface area contributed by atoms with Crippen LogP contribution in [0, 0.1) is 0 Å². The number of aliphatic hydroxyl groups excluding tert-OH is 2. The smallest absolute Gasteiger partial charge is 0.425 e. The largest absolute Gasteiger partial charge is 0.509 e. The van der Waals surface area contributed by atoms with Gasteiger partial charge in [0.25, 0.3) is 0 Å². The van der Waals surface area contributed by atoms with Crippen LogP contribution in [0.1, 0.15) is 20.8 Å².